The fourth-order valence-corrected chi connectivity index (χ4v) is 2.97. The molecule has 0 aliphatic heterocycles. The van der Waals surface area contributed by atoms with E-state index in [9.17, 15) is 0 Å². The molecule has 1 saturated carbocycles. The minimum atomic E-state index is 0.732. The number of ether oxygens (including phenoxy) is 1. The molecule has 1 aromatic rings. The molecule has 21 heavy (non-hydrogen) atoms. The Bertz CT molecular complexity index is 433. The van der Waals surface area contributed by atoms with Crippen molar-refractivity contribution in [2.75, 3.05) is 26.8 Å². The number of hydrogen-bond donors (Lipinski definition) is 1. The Balaban J connectivity index is 2.04. The number of nitrogens with zero attached hydrogens (tertiary/aromatic N) is 1. The van der Waals surface area contributed by atoms with Crippen LogP contribution in [0.1, 0.15) is 43.4 Å². The largest absolute Gasteiger partial charge is 0.383 e. The molecule has 1 aliphatic carbocycles. The van der Waals surface area contributed by atoms with Crippen molar-refractivity contribution in [3.8, 4) is 0 Å². The van der Waals surface area contributed by atoms with Crippen LogP contribution in [0.15, 0.2) is 23.9 Å². The van der Waals surface area contributed by atoms with Gasteiger partial charge in [-0.25, -0.2) is 0 Å². The van der Waals surface area contributed by atoms with E-state index in [0.29, 0.717) is 0 Å². The number of rotatable bonds is 7. The topological polar surface area (TPSA) is 34.1 Å². The summed E-state index contributed by atoms with van der Waals surface area (Å²) in [4.78, 5) is 4.40. The van der Waals surface area contributed by atoms with Gasteiger partial charge in [0.25, 0.3) is 0 Å². The van der Waals surface area contributed by atoms with Gasteiger partial charge in [0.05, 0.1) is 6.61 Å². The Morgan fingerprint density at radius 1 is 1.33 bits per heavy atom. The van der Waals surface area contributed by atoms with Crippen molar-refractivity contribution >= 4 is 6.08 Å². The van der Waals surface area contributed by atoms with Gasteiger partial charge in [0, 0.05) is 32.1 Å². The van der Waals surface area contributed by atoms with E-state index in [4.69, 9.17) is 4.74 Å². The summed E-state index contributed by atoms with van der Waals surface area (Å²) in [6.45, 7) is 4.67. The SMILES string of the molecule is COCCNC/C(=C/c1ccc(C)nc1)C1CCCCC1. The van der Waals surface area contributed by atoms with Crippen molar-refractivity contribution in [3.05, 3.63) is 35.2 Å². The van der Waals surface area contributed by atoms with Gasteiger partial charge in [-0.1, -0.05) is 37.0 Å². The maximum Gasteiger partial charge on any atom is 0.0587 e. The van der Waals surface area contributed by atoms with E-state index in [-0.39, 0.29) is 0 Å². The van der Waals surface area contributed by atoms with E-state index in [1.54, 1.807) is 7.11 Å². The molecule has 0 atom stereocenters. The van der Waals surface area contributed by atoms with Crippen LogP contribution in [0.3, 0.4) is 0 Å². The van der Waals surface area contributed by atoms with Gasteiger partial charge in [0.15, 0.2) is 0 Å². The zero-order valence-corrected chi connectivity index (χ0v) is 13.4. The quantitative estimate of drug-likeness (QED) is 0.779. The molecule has 3 nitrogen and oxygen atoms in total. The Kier molecular flexibility index (Phi) is 6.90. The van der Waals surface area contributed by atoms with Crippen LogP contribution in [-0.2, 0) is 4.74 Å². The van der Waals surface area contributed by atoms with Crippen LogP contribution in [0.2, 0.25) is 0 Å². The van der Waals surface area contributed by atoms with Gasteiger partial charge in [0.2, 0.25) is 0 Å². The number of aryl methyl sites for hydroxylation is 1. The van der Waals surface area contributed by atoms with Gasteiger partial charge in [-0.3, -0.25) is 4.98 Å². The third-order valence-electron chi connectivity index (χ3n) is 4.23. The molecule has 1 fully saturated rings. The molecule has 3 heteroatoms. The molecule has 1 heterocycles. The number of methoxy groups -OCH3 is 1. The van der Waals surface area contributed by atoms with Crippen LogP contribution in [0, 0.1) is 12.8 Å². The van der Waals surface area contributed by atoms with Crippen molar-refractivity contribution in [3.63, 3.8) is 0 Å². The minimum Gasteiger partial charge on any atom is -0.383 e. The lowest BCUT2D eigenvalue weighted by Crippen LogP contribution is -2.25. The van der Waals surface area contributed by atoms with E-state index in [1.807, 2.05) is 13.1 Å². The Morgan fingerprint density at radius 3 is 2.81 bits per heavy atom. The fraction of sp³-hybridized carbons (Fsp3) is 0.611. The molecule has 0 amide bonds. The predicted octanol–water partition coefficient (Wildman–Crippen LogP) is 3.59. The van der Waals surface area contributed by atoms with Crippen molar-refractivity contribution in [2.24, 2.45) is 5.92 Å². The van der Waals surface area contributed by atoms with Crippen LogP contribution in [0.25, 0.3) is 6.08 Å². The zero-order valence-electron chi connectivity index (χ0n) is 13.4. The summed E-state index contributed by atoms with van der Waals surface area (Å²) in [5, 5.41) is 3.50. The highest BCUT2D eigenvalue weighted by atomic mass is 16.5. The van der Waals surface area contributed by atoms with Crippen LogP contribution < -0.4 is 5.32 Å². The number of hydrogen-bond acceptors (Lipinski definition) is 3. The normalized spacial score (nSPS) is 17.1. The lowest BCUT2D eigenvalue weighted by Gasteiger charge is -2.25. The molecule has 0 aromatic carbocycles. The third-order valence-corrected chi connectivity index (χ3v) is 4.23. The number of aromatic nitrogens is 1. The first-order valence-corrected chi connectivity index (χ1v) is 8.12. The van der Waals surface area contributed by atoms with E-state index >= 15 is 0 Å². The highest BCUT2D eigenvalue weighted by Gasteiger charge is 2.17. The fourth-order valence-electron chi connectivity index (χ4n) is 2.97. The first-order valence-electron chi connectivity index (χ1n) is 8.12. The Labute approximate surface area is 128 Å². The van der Waals surface area contributed by atoms with Gasteiger partial charge in [-0.2, -0.15) is 0 Å². The second kappa shape index (κ2) is 8.96. The summed E-state index contributed by atoms with van der Waals surface area (Å²) in [6, 6.07) is 4.25. The van der Waals surface area contributed by atoms with E-state index in [0.717, 1.165) is 31.3 Å². The van der Waals surface area contributed by atoms with Crippen molar-refractivity contribution in [1.29, 1.82) is 0 Å². The average molecular weight is 288 g/mol. The summed E-state index contributed by atoms with van der Waals surface area (Å²) in [6.07, 6.45) is 11.1. The Hall–Kier alpha value is -1.19. The highest BCUT2D eigenvalue weighted by molar-refractivity contribution is 5.53. The molecule has 116 valence electrons. The van der Waals surface area contributed by atoms with Gasteiger partial charge < -0.3 is 10.1 Å². The third kappa shape index (κ3) is 5.60. The van der Waals surface area contributed by atoms with Gasteiger partial charge >= 0.3 is 0 Å². The predicted molar refractivity (Wildman–Crippen MR) is 88.3 cm³/mol. The van der Waals surface area contributed by atoms with Crippen molar-refractivity contribution in [1.82, 2.24) is 10.3 Å². The van der Waals surface area contributed by atoms with Crippen LogP contribution in [0.4, 0.5) is 0 Å². The molecule has 2 rings (SSSR count). The Morgan fingerprint density at radius 2 is 2.14 bits per heavy atom. The second-order valence-electron chi connectivity index (χ2n) is 5.96. The summed E-state index contributed by atoms with van der Waals surface area (Å²) in [7, 11) is 1.75. The monoisotopic (exact) mass is 288 g/mol. The highest BCUT2D eigenvalue weighted by Crippen LogP contribution is 2.30. The molecule has 1 N–H and O–H groups in total. The maximum absolute atomic E-state index is 5.11. The van der Waals surface area contributed by atoms with Crippen LogP contribution in [-0.4, -0.2) is 31.8 Å². The molecule has 0 unspecified atom stereocenters. The van der Waals surface area contributed by atoms with Gasteiger partial charge in [0.1, 0.15) is 0 Å². The maximum atomic E-state index is 5.11. The minimum absolute atomic E-state index is 0.732. The van der Waals surface area contributed by atoms with Gasteiger partial charge in [-0.05, 0) is 37.3 Å². The van der Waals surface area contributed by atoms with Crippen molar-refractivity contribution in [2.45, 2.75) is 39.0 Å². The summed E-state index contributed by atoms with van der Waals surface area (Å²) >= 11 is 0. The van der Waals surface area contributed by atoms with Crippen LogP contribution >= 0.6 is 0 Å². The lowest BCUT2D eigenvalue weighted by molar-refractivity contribution is 0.200. The molecule has 0 radical (unpaired) electrons. The van der Waals surface area contributed by atoms with Crippen LogP contribution in [0.5, 0.6) is 0 Å². The molecule has 0 spiro atoms. The number of pyridine rings is 1. The molecular formula is C18H28N2O. The number of nitrogens with one attached hydrogen (secondary N) is 1. The van der Waals surface area contributed by atoms with E-state index in [2.05, 4.69) is 28.5 Å². The van der Waals surface area contributed by atoms with Crippen molar-refractivity contribution < 1.29 is 4.74 Å². The molecule has 1 aliphatic rings. The zero-order chi connectivity index (χ0) is 14.9. The van der Waals surface area contributed by atoms with Gasteiger partial charge in [-0.15, -0.1) is 0 Å². The average Bonchev–Trinajstić information content (AvgIpc) is 2.53. The summed E-state index contributed by atoms with van der Waals surface area (Å²) in [5.41, 5.74) is 3.82. The molecule has 0 bridgehead atoms. The first-order chi connectivity index (χ1) is 10.3. The van der Waals surface area contributed by atoms with E-state index < -0.39 is 0 Å². The van der Waals surface area contributed by atoms with E-state index in [1.165, 1.54) is 43.2 Å². The summed E-state index contributed by atoms with van der Waals surface area (Å²) in [5.74, 6) is 0.732. The first kappa shape index (κ1) is 16.2. The molecule has 0 saturated heterocycles. The lowest BCUT2D eigenvalue weighted by atomic mass is 9.83. The molecular weight excluding hydrogens is 260 g/mol. The smallest absolute Gasteiger partial charge is 0.0587 e. The summed E-state index contributed by atoms with van der Waals surface area (Å²) < 4.78 is 5.11. The standard InChI is InChI=1S/C18H28N2O/c1-15-8-9-16(13-20-15)12-18(14-19-10-11-21-2)17-6-4-3-5-7-17/h8-9,12-13,17,19H,3-7,10-11,14H2,1-2H3/b18-12-. The second-order valence-corrected chi connectivity index (χ2v) is 5.96. The molecule has 1 aromatic heterocycles.